The van der Waals surface area contributed by atoms with Crippen LogP contribution >= 0.6 is 0 Å². The smallest absolute Gasteiger partial charge is 0.316 e. The number of aryl methyl sites for hydroxylation is 1. The Morgan fingerprint density at radius 3 is 2.53 bits per heavy atom. The molecule has 0 saturated heterocycles. The Morgan fingerprint density at radius 1 is 1.21 bits per heavy atom. The number of hydrogen-bond acceptors (Lipinski definition) is 4. The third kappa shape index (κ3) is 2.59. The van der Waals surface area contributed by atoms with Gasteiger partial charge in [0.05, 0.1) is 11.4 Å². The van der Waals surface area contributed by atoms with E-state index in [1.54, 1.807) is 26.1 Å². The maximum Gasteiger partial charge on any atom is 0.316 e. The van der Waals surface area contributed by atoms with Gasteiger partial charge in [-0.05, 0) is 39.0 Å². The average molecular weight is 257 g/mol. The Morgan fingerprint density at radius 2 is 1.95 bits per heavy atom. The third-order valence-corrected chi connectivity index (χ3v) is 2.88. The molecular weight excluding hydrogens is 242 g/mol. The van der Waals surface area contributed by atoms with E-state index in [1.807, 2.05) is 25.1 Å². The van der Waals surface area contributed by atoms with Gasteiger partial charge in [0.25, 0.3) is 0 Å². The van der Waals surface area contributed by atoms with Gasteiger partial charge in [-0.15, -0.1) is 0 Å². The Labute approximate surface area is 111 Å². The molecule has 0 aromatic carbocycles. The third-order valence-electron chi connectivity index (χ3n) is 2.88. The predicted octanol–water partition coefficient (Wildman–Crippen LogP) is 2.21. The molecule has 0 amide bonds. The topological polar surface area (TPSA) is 76.0 Å². The number of carbonyl (C=O) groups is 1. The summed E-state index contributed by atoms with van der Waals surface area (Å²) < 4.78 is 0. The number of aliphatic carboxylic acids is 1. The molecule has 98 valence electrons. The van der Waals surface area contributed by atoms with Crippen molar-refractivity contribution in [3.63, 3.8) is 0 Å². The van der Waals surface area contributed by atoms with Crippen molar-refractivity contribution in [2.24, 2.45) is 0 Å². The summed E-state index contributed by atoms with van der Waals surface area (Å²) in [6, 6.07) is 7.31. The zero-order valence-corrected chi connectivity index (χ0v) is 11.1. The van der Waals surface area contributed by atoms with E-state index in [0.717, 1.165) is 5.69 Å². The van der Waals surface area contributed by atoms with Crippen LogP contribution in [0.15, 0.2) is 30.5 Å². The second-order valence-electron chi connectivity index (χ2n) is 4.86. The number of hydrogen-bond donors (Lipinski definition) is 1. The van der Waals surface area contributed by atoms with Gasteiger partial charge >= 0.3 is 5.97 Å². The van der Waals surface area contributed by atoms with Gasteiger partial charge in [0.15, 0.2) is 0 Å². The summed E-state index contributed by atoms with van der Waals surface area (Å²) in [7, 11) is 0. The van der Waals surface area contributed by atoms with Crippen molar-refractivity contribution in [1.29, 1.82) is 0 Å². The van der Waals surface area contributed by atoms with E-state index in [-0.39, 0.29) is 0 Å². The van der Waals surface area contributed by atoms with Gasteiger partial charge in [-0.25, -0.2) is 9.97 Å². The molecule has 0 saturated carbocycles. The lowest BCUT2D eigenvalue weighted by molar-refractivity contribution is -0.142. The van der Waals surface area contributed by atoms with Gasteiger partial charge in [-0.1, -0.05) is 6.07 Å². The van der Waals surface area contributed by atoms with Gasteiger partial charge in [0, 0.05) is 11.9 Å². The molecule has 19 heavy (non-hydrogen) atoms. The van der Waals surface area contributed by atoms with E-state index < -0.39 is 11.4 Å². The van der Waals surface area contributed by atoms with Crippen LogP contribution in [0.3, 0.4) is 0 Å². The molecule has 0 aliphatic rings. The van der Waals surface area contributed by atoms with E-state index >= 15 is 0 Å². The van der Waals surface area contributed by atoms with E-state index in [2.05, 4.69) is 15.0 Å². The minimum atomic E-state index is -1.13. The highest BCUT2D eigenvalue weighted by molar-refractivity contribution is 5.79. The lowest BCUT2D eigenvalue weighted by Gasteiger charge is -2.18. The Bertz CT molecular complexity index is 609. The molecule has 2 rings (SSSR count). The number of aromatic nitrogens is 3. The molecule has 0 atom stereocenters. The molecule has 0 aliphatic carbocycles. The van der Waals surface area contributed by atoms with Crippen LogP contribution in [0.4, 0.5) is 0 Å². The van der Waals surface area contributed by atoms with Crippen LogP contribution in [-0.2, 0) is 10.2 Å². The molecular formula is C14H15N3O2. The molecule has 0 fully saturated rings. The van der Waals surface area contributed by atoms with E-state index in [1.165, 1.54) is 0 Å². The highest BCUT2D eigenvalue weighted by Crippen LogP contribution is 2.23. The van der Waals surface area contributed by atoms with Crippen molar-refractivity contribution in [3.8, 4) is 11.4 Å². The monoisotopic (exact) mass is 257 g/mol. The molecule has 2 aromatic rings. The summed E-state index contributed by atoms with van der Waals surface area (Å²) in [6.07, 6.45) is 1.68. The summed E-state index contributed by atoms with van der Waals surface area (Å²) in [4.78, 5) is 24.1. The van der Waals surface area contributed by atoms with Crippen LogP contribution < -0.4 is 0 Å². The fourth-order valence-corrected chi connectivity index (χ4v) is 1.59. The lowest BCUT2D eigenvalue weighted by atomic mass is 9.92. The fraction of sp³-hybridized carbons (Fsp3) is 0.286. The molecule has 2 heterocycles. The highest BCUT2D eigenvalue weighted by atomic mass is 16.4. The molecule has 0 radical (unpaired) electrons. The molecule has 0 spiro atoms. The van der Waals surface area contributed by atoms with Crippen molar-refractivity contribution in [1.82, 2.24) is 15.0 Å². The van der Waals surface area contributed by atoms with Gasteiger partial charge in [-0.2, -0.15) is 0 Å². The van der Waals surface area contributed by atoms with Crippen molar-refractivity contribution in [2.45, 2.75) is 26.2 Å². The fourth-order valence-electron chi connectivity index (χ4n) is 1.59. The zero-order chi connectivity index (χ0) is 14.0. The molecule has 0 unspecified atom stereocenters. The molecule has 5 heteroatoms. The second-order valence-corrected chi connectivity index (χ2v) is 4.86. The first-order valence-electron chi connectivity index (χ1n) is 5.92. The summed E-state index contributed by atoms with van der Waals surface area (Å²) in [5.41, 5.74) is 0.933. The van der Waals surface area contributed by atoms with E-state index in [4.69, 9.17) is 0 Å². The van der Waals surface area contributed by atoms with Crippen LogP contribution in [0.5, 0.6) is 0 Å². The summed E-state index contributed by atoms with van der Waals surface area (Å²) in [6.45, 7) is 4.99. The minimum absolute atomic E-state index is 0.292. The Balaban J connectivity index is 2.56. The van der Waals surface area contributed by atoms with Crippen LogP contribution in [0.25, 0.3) is 11.4 Å². The molecule has 0 bridgehead atoms. The summed E-state index contributed by atoms with van der Waals surface area (Å²) in [5.74, 6) is -0.661. The first kappa shape index (κ1) is 13.1. The first-order valence-corrected chi connectivity index (χ1v) is 5.92. The molecule has 2 aromatic heterocycles. The second kappa shape index (κ2) is 4.76. The number of rotatable bonds is 3. The number of pyridine rings is 1. The van der Waals surface area contributed by atoms with Crippen molar-refractivity contribution in [2.75, 3.05) is 0 Å². The summed E-state index contributed by atoms with van der Waals surface area (Å²) >= 11 is 0. The summed E-state index contributed by atoms with van der Waals surface area (Å²) in [5, 5.41) is 9.25. The SMILES string of the molecule is Cc1cc(-c2ccccn2)nc(C(C)(C)C(=O)O)n1. The molecule has 0 aliphatic heterocycles. The highest BCUT2D eigenvalue weighted by Gasteiger charge is 2.33. The lowest BCUT2D eigenvalue weighted by Crippen LogP contribution is -2.31. The van der Waals surface area contributed by atoms with Crippen molar-refractivity contribution in [3.05, 3.63) is 42.0 Å². The number of carboxylic acids is 1. The normalized spacial score (nSPS) is 11.3. The maximum atomic E-state index is 11.3. The number of nitrogens with zero attached hydrogens (tertiary/aromatic N) is 3. The van der Waals surface area contributed by atoms with Crippen LogP contribution in [-0.4, -0.2) is 26.0 Å². The maximum absolute atomic E-state index is 11.3. The largest absolute Gasteiger partial charge is 0.481 e. The van der Waals surface area contributed by atoms with Gasteiger partial charge < -0.3 is 5.11 Å². The predicted molar refractivity (Wildman–Crippen MR) is 70.7 cm³/mol. The van der Waals surface area contributed by atoms with Gasteiger partial charge in [0.2, 0.25) is 0 Å². The average Bonchev–Trinajstić information content (AvgIpc) is 2.39. The van der Waals surface area contributed by atoms with Crippen molar-refractivity contribution >= 4 is 5.97 Å². The zero-order valence-electron chi connectivity index (χ0n) is 11.1. The standard InChI is InChI=1S/C14H15N3O2/c1-9-8-11(10-6-4-5-7-15-10)17-12(16-9)14(2,3)13(18)19/h4-8H,1-3H3,(H,18,19). The van der Waals surface area contributed by atoms with Gasteiger partial charge in [0.1, 0.15) is 11.2 Å². The number of carboxylic acid groups (broad SMARTS) is 1. The first-order chi connectivity index (χ1) is 8.91. The Kier molecular flexibility index (Phi) is 3.29. The van der Waals surface area contributed by atoms with E-state index in [0.29, 0.717) is 17.2 Å². The van der Waals surface area contributed by atoms with Crippen LogP contribution in [0.2, 0.25) is 0 Å². The van der Waals surface area contributed by atoms with E-state index in [9.17, 15) is 9.90 Å². The van der Waals surface area contributed by atoms with Gasteiger partial charge in [-0.3, -0.25) is 9.78 Å². The molecule has 1 N–H and O–H groups in total. The van der Waals surface area contributed by atoms with Crippen molar-refractivity contribution < 1.29 is 9.90 Å². The Hall–Kier alpha value is -2.30. The van der Waals surface area contributed by atoms with Crippen LogP contribution in [0, 0.1) is 6.92 Å². The minimum Gasteiger partial charge on any atom is -0.481 e. The quantitative estimate of drug-likeness (QED) is 0.912. The van der Waals surface area contributed by atoms with Crippen LogP contribution in [0.1, 0.15) is 25.4 Å². The molecule has 5 nitrogen and oxygen atoms in total.